The Kier molecular flexibility index (Phi) is 3.83. The molecule has 1 N–H and O–H groups in total. The van der Waals surface area contributed by atoms with Crippen LogP contribution in [0.1, 0.15) is 47.8 Å². The lowest BCUT2D eigenvalue weighted by atomic mass is 9.97. The third kappa shape index (κ3) is 2.61. The van der Waals surface area contributed by atoms with Crippen LogP contribution in [0.2, 0.25) is 0 Å². The van der Waals surface area contributed by atoms with Crippen LogP contribution in [0.5, 0.6) is 0 Å². The molecule has 1 aliphatic heterocycles. The van der Waals surface area contributed by atoms with Crippen molar-refractivity contribution in [3.63, 3.8) is 0 Å². The van der Waals surface area contributed by atoms with Crippen molar-refractivity contribution in [1.82, 2.24) is 20.1 Å². The zero-order valence-corrected chi connectivity index (χ0v) is 12.3. The number of hydrogen-bond donors (Lipinski definition) is 1. The smallest absolute Gasteiger partial charge is 0.0573 e. The van der Waals surface area contributed by atoms with Crippen LogP contribution in [-0.4, -0.2) is 26.6 Å². The monoisotopic (exact) mass is 270 g/mol. The zero-order valence-electron chi connectivity index (χ0n) is 12.3. The Morgan fingerprint density at radius 1 is 1.30 bits per heavy atom. The molecule has 106 valence electrons. The second-order valence-electron chi connectivity index (χ2n) is 5.72. The van der Waals surface area contributed by atoms with Crippen molar-refractivity contribution >= 4 is 0 Å². The van der Waals surface area contributed by atoms with Crippen LogP contribution in [0.15, 0.2) is 24.5 Å². The van der Waals surface area contributed by atoms with E-state index in [2.05, 4.69) is 40.0 Å². The van der Waals surface area contributed by atoms with Gasteiger partial charge < -0.3 is 0 Å². The number of nitrogens with one attached hydrogen (secondary N) is 1. The van der Waals surface area contributed by atoms with E-state index in [0.717, 1.165) is 13.1 Å². The first kappa shape index (κ1) is 13.3. The summed E-state index contributed by atoms with van der Waals surface area (Å²) in [6.07, 6.45) is 7.59. The summed E-state index contributed by atoms with van der Waals surface area (Å²) in [4.78, 5) is 7.08. The molecule has 1 saturated heterocycles. The maximum absolute atomic E-state index is 4.54. The van der Waals surface area contributed by atoms with Gasteiger partial charge in [0.25, 0.3) is 0 Å². The lowest BCUT2D eigenvalue weighted by Gasteiger charge is -2.35. The van der Waals surface area contributed by atoms with Crippen LogP contribution in [0.3, 0.4) is 0 Å². The Balaban J connectivity index is 1.83. The molecule has 1 atom stereocenters. The van der Waals surface area contributed by atoms with Crippen LogP contribution in [0.25, 0.3) is 0 Å². The van der Waals surface area contributed by atoms with Crippen molar-refractivity contribution in [3.8, 4) is 0 Å². The van der Waals surface area contributed by atoms with Gasteiger partial charge >= 0.3 is 0 Å². The first-order valence-electron chi connectivity index (χ1n) is 7.40. The quantitative estimate of drug-likeness (QED) is 0.932. The minimum Gasteiger partial charge on any atom is -0.289 e. The summed E-state index contributed by atoms with van der Waals surface area (Å²) < 4.78 is 0. The standard InChI is InChI=1S/C16H22N4/c1-12-6-5-8-17-14(12)11-20-9-4-3-7-15(20)16-13(2)10-18-19-16/h5-6,8,10,15H,3-4,7,9,11H2,1-2H3,(H,18,19)/t15-/m1/s1. The molecule has 0 radical (unpaired) electrons. The maximum atomic E-state index is 4.54. The van der Waals surface area contributed by atoms with Crippen molar-refractivity contribution in [2.24, 2.45) is 0 Å². The van der Waals surface area contributed by atoms with E-state index in [4.69, 9.17) is 0 Å². The molecule has 0 aromatic carbocycles. The summed E-state index contributed by atoms with van der Waals surface area (Å²) in [6.45, 7) is 6.34. The predicted molar refractivity (Wildman–Crippen MR) is 79.3 cm³/mol. The van der Waals surface area contributed by atoms with Gasteiger partial charge in [0.2, 0.25) is 0 Å². The van der Waals surface area contributed by atoms with Crippen molar-refractivity contribution in [2.45, 2.75) is 45.7 Å². The van der Waals surface area contributed by atoms with E-state index in [1.807, 2.05) is 18.5 Å². The van der Waals surface area contributed by atoms with Gasteiger partial charge in [-0.2, -0.15) is 5.10 Å². The number of aromatic nitrogens is 3. The lowest BCUT2D eigenvalue weighted by Crippen LogP contribution is -2.34. The van der Waals surface area contributed by atoms with Gasteiger partial charge in [-0.1, -0.05) is 12.5 Å². The molecular weight excluding hydrogens is 248 g/mol. The zero-order chi connectivity index (χ0) is 13.9. The summed E-state index contributed by atoms with van der Waals surface area (Å²) in [7, 11) is 0. The predicted octanol–water partition coefficient (Wildman–Crippen LogP) is 3.15. The third-order valence-corrected chi connectivity index (χ3v) is 4.29. The topological polar surface area (TPSA) is 44.8 Å². The molecule has 0 bridgehead atoms. The fourth-order valence-corrected chi connectivity index (χ4v) is 3.08. The van der Waals surface area contributed by atoms with Gasteiger partial charge in [-0.15, -0.1) is 0 Å². The van der Waals surface area contributed by atoms with Gasteiger partial charge in [0.05, 0.1) is 23.6 Å². The summed E-state index contributed by atoms with van der Waals surface area (Å²) in [5.41, 5.74) is 5.01. The number of H-pyrrole nitrogens is 1. The highest BCUT2D eigenvalue weighted by molar-refractivity contribution is 5.21. The average Bonchev–Trinajstić information content (AvgIpc) is 2.88. The number of piperidine rings is 1. The minimum absolute atomic E-state index is 0.452. The SMILES string of the molecule is Cc1cccnc1CN1CCCC[C@@H]1c1[nH]ncc1C. The largest absolute Gasteiger partial charge is 0.289 e. The van der Waals surface area contributed by atoms with E-state index < -0.39 is 0 Å². The van der Waals surface area contributed by atoms with Crippen LogP contribution in [-0.2, 0) is 6.54 Å². The van der Waals surface area contributed by atoms with Crippen molar-refractivity contribution in [1.29, 1.82) is 0 Å². The Bertz CT molecular complexity index is 575. The number of rotatable bonds is 3. The lowest BCUT2D eigenvalue weighted by molar-refractivity contribution is 0.135. The highest BCUT2D eigenvalue weighted by atomic mass is 15.2. The van der Waals surface area contributed by atoms with Crippen molar-refractivity contribution in [2.75, 3.05) is 6.54 Å². The fraction of sp³-hybridized carbons (Fsp3) is 0.500. The van der Waals surface area contributed by atoms with E-state index in [1.54, 1.807) is 0 Å². The third-order valence-electron chi connectivity index (χ3n) is 4.29. The molecule has 1 aliphatic rings. The Morgan fingerprint density at radius 2 is 2.20 bits per heavy atom. The second kappa shape index (κ2) is 5.75. The number of aryl methyl sites for hydroxylation is 2. The summed E-state index contributed by atoms with van der Waals surface area (Å²) in [5, 5.41) is 7.38. The first-order chi connectivity index (χ1) is 9.75. The number of hydrogen-bond acceptors (Lipinski definition) is 3. The normalized spacial score (nSPS) is 20.2. The molecule has 0 unspecified atom stereocenters. The Labute approximate surface area is 120 Å². The van der Waals surface area contributed by atoms with E-state index in [0.29, 0.717) is 6.04 Å². The molecule has 2 aromatic heterocycles. The summed E-state index contributed by atoms with van der Waals surface area (Å²) >= 11 is 0. The summed E-state index contributed by atoms with van der Waals surface area (Å²) in [5.74, 6) is 0. The number of pyridine rings is 1. The molecule has 3 heterocycles. The molecule has 2 aromatic rings. The van der Waals surface area contributed by atoms with Gasteiger partial charge in [-0.05, 0) is 50.4 Å². The average molecular weight is 270 g/mol. The van der Waals surface area contributed by atoms with Gasteiger partial charge in [0, 0.05) is 12.7 Å². The van der Waals surface area contributed by atoms with E-state index in [-0.39, 0.29) is 0 Å². The van der Waals surface area contributed by atoms with Crippen LogP contribution < -0.4 is 0 Å². The maximum Gasteiger partial charge on any atom is 0.0573 e. The molecular formula is C16H22N4. The molecule has 4 heteroatoms. The van der Waals surface area contributed by atoms with Crippen molar-refractivity contribution in [3.05, 3.63) is 47.0 Å². The number of aromatic amines is 1. The molecule has 4 nitrogen and oxygen atoms in total. The molecule has 1 fully saturated rings. The van der Waals surface area contributed by atoms with Gasteiger partial charge in [0.1, 0.15) is 0 Å². The second-order valence-corrected chi connectivity index (χ2v) is 5.72. The molecule has 3 rings (SSSR count). The molecule has 0 amide bonds. The molecule has 0 saturated carbocycles. The summed E-state index contributed by atoms with van der Waals surface area (Å²) in [6, 6.07) is 4.60. The van der Waals surface area contributed by atoms with E-state index in [9.17, 15) is 0 Å². The number of nitrogens with zero attached hydrogens (tertiary/aromatic N) is 3. The van der Waals surface area contributed by atoms with Crippen LogP contribution >= 0.6 is 0 Å². The van der Waals surface area contributed by atoms with E-state index in [1.165, 1.54) is 41.8 Å². The Morgan fingerprint density at radius 3 is 2.95 bits per heavy atom. The molecule has 0 aliphatic carbocycles. The molecule has 20 heavy (non-hydrogen) atoms. The van der Waals surface area contributed by atoms with Crippen LogP contribution in [0, 0.1) is 13.8 Å². The van der Waals surface area contributed by atoms with E-state index >= 15 is 0 Å². The van der Waals surface area contributed by atoms with Gasteiger partial charge in [-0.3, -0.25) is 15.0 Å². The van der Waals surface area contributed by atoms with Gasteiger partial charge in [-0.25, -0.2) is 0 Å². The fourth-order valence-electron chi connectivity index (χ4n) is 3.08. The first-order valence-corrected chi connectivity index (χ1v) is 7.40. The highest BCUT2D eigenvalue weighted by Crippen LogP contribution is 2.32. The van der Waals surface area contributed by atoms with Gasteiger partial charge in [0.15, 0.2) is 0 Å². The molecule has 0 spiro atoms. The number of likely N-dealkylation sites (tertiary alicyclic amines) is 1. The Hall–Kier alpha value is -1.68. The van der Waals surface area contributed by atoms with Crippen molar-refractivity contribution < 1.29 is 0 Å². The highest BCUT2D eigenvalue weighted by Gasteiger charge is 2.26. The van der Waals surface area contributed by atoms with Crippen LogP contribution in [0.4, 0.5) is 0 Å². The minimum atomic E-state index is 0.452.